The maximum Gasteiger partial charge on any atom is 0.277 e. The van der Waals surface area contributed by atoms with E-state index in [9.17, 15) is 8.42 Å². The molecule has 1 aliphatic heterocycles. The highest BCUT2D eigenvalue weighted by Gasteiger charge is 2.30. The lowest BCUT2D eigenvalue weighted by atomic mass is 10.2. The first-order valence-electron chi connectivity index (χ1n) is 3.55. The van der Waals surface area contributed by atoms with Gasteiger partial charge in [0.25, 0.3) is 10.2 Å². The SMILES string of the molecule is NCC1CCCN1S(N)(=O)=O. The van der Waals surface area contributed by atoms with Gasteiger partial charge in [-0.2, -0.15) is 12.7 Å². The van der Waals surface area contributed by atoms with E-state index in [1.807, 2.05) is 0 Å². The Hall–Kier alpha value is -0.170. The summed E-state index contributed by atoms with van der Waals surface area (Å²) in [5, 5.41) is 4.95. The van der Waals surface area contributed by atoms with Crippen LogP contribution in [0.5, 0.6) is 0 Å². The van der Waals surface area contributed by atoms with E-state index in [0.29, 0.717) is 13.1 Å². The van der Waals surface area contributed by atoms with Crippen molar-refractivity contribution in [3.63, 3.8) is 0 Å². The third-order valence-electron chi connectivity index (χ3n) is 1.92. The van der Waals surface area contributed by atoms with Crippen LogP contribution >= 0.6 is 0 Å². The van der Waals surface area contributed by atoms with Crippen molar-refractivity contribution in [1.82, 2.24) is 4.31 Å². The van der Waals surface area contributed by atoms with Crippen LogP contribution in [0.3, 0.4) is 0 Å². The summed E-state index contributed by atoms with van der Waals surface area (Å²) in [5.41, 5.74) is 5.36. The first-order chi connectivity index (χ1) is 5.05. The Bertz CT molecular complexity index is 226. The molecule has 1 unspecified atom stereocenters. The molecule has 4 N–H and O–H groups in total. The summed E-state index contributed by atoms with van der Waals surface area (Å²) in [6.45, 7) is 0.872. The molecule has 0 saturated carbocycles. The molecular weight excluding hydrogens is 166 g/mol. The average molecular weight is 179 g/mol. The molecule has 66 valence electrons. The number of rotatable bonds is 2. The molecule has 1 aliphatic rings. The Balaban J connectivity index is 2.72. The highest BCUT2D eigenvalue weighted by atomic mass is 32.2. The van der Waals surface area contributed by atoms with Crippen molar-refractivity contribution in [1.29, 1.82) is 0 Å². The van der Waals surface area contributed by atoms with E-state index < -0.39 is 10.2 Å². The van der Waals surface area contributed by atoms with Crippen molar-refractivity contribution in [3.05, 3.63) is 0 Å². The van der Waals surface area contributed by atoms with Gasteiger partial charge in [-0.05, 0) is 12.8 Å². The van der Waals surface area contributed by atoms with Gasteiger partial charge in [0.2, 0.25) is 0 Å². The standard InChI is InChI=1S/C5H13N3O2S/c6-4-5-2-1-3-8(5)11(7,9)10/h5H,1-4,6H2,(H2,7,9,10). The van der Waals surface area contributed by atoms with Crippen molar-refractivity contribution in [2.75, 3.05) is 13.1 Å². The van der Waals surface area contributed by atoms with E-state index in [1.165, 1.54) is 4.31 Å². The smallest absolute Gasteiger partial charge is 0.277 e. The topological polar surface area (TPSA) is 89.4 Å². The van der Waals surface area contributed by atoms with Crippen LogP contribution in [0.25, 0.3) is 0 Å². The largest absolute Gasteiger partial charge is 0.329 e. The van der Waals surface area contributed by atoms with Crippen LogP contribution in [-0.4, -0.2) is 31.9 Å². The summed E-state index contributed by atoms with van der Waals surface area (Å²) >= 11 is 0. The normalized spacial score (nSPS) is 27.6. The van der Waals surface area contributed by atoms with Gasteiger partial charge in [0.1, 0.15) is 0 Å². The number of hydrogen-bond acceptors (Lipinski definition) is 3. The fourth-order valence-corrected chi connectivity index (χ4v) is 2.37. The summed E-state index contributed by atoms with van der Waals surface area (Å²) in [6, 6.07) is -0.0787. The van der Waals surface area contributed by atoms with Crippen LogP contribution in [0.4, 0.5) is 0 Å². The lowest BCUT2D eigenvalue weighted by molar-refractivity contribution is 0.394. The van der Waals surface area contributed by atoms with Crippen LogP contribution in [-0.2, 0) is 10.2 Å². The van der Waals surface area contributed by atoms with E-state index in [2.05, 4.69) is 0 Å². The summed E-state index contributed by atoms with van der Waals surface area (Å²) in [4.78, 5) is 0. The van der Waals surface area contributed by atoms with Gasteiger partial charge >= 0.3 is 0 Å². The van der Waals surface area contributed by atoms with Crippen LogP contribution in [0.2, 0.25) is 0 Å². The molecule has 1 saturated heterocycles. The van der Waals surface area contributed by atoms with Crippen molar-refractivity contribution in [3.8, 4) is 0 Å². The summed E-state index contributed by atoms with van der Waals surface area (Å²) in [6.07, 6.45) is 1.69. The monoisotopic (exact) mass is 179 g/mol. The van der Waals surface area contributed by atoms with Crippen molar-refractivity contribution >= 4 is 10.2 Å². The van der Waals surface area contributed by atoms with Crippen LogP contribution in [0, 0.1) is 0 Å². The van der Waals surface area contributed by atoms with Crippen molar-refractivity contribution < 1.29 is 8.42 Å². The van der Waals surface area contributed by atoms with Gasteiger partial charge in [-0.15, -0.1) is 0 Å². The van der Waals surface area contributed by atoms with E-state index in [0.717, 1.165) is 12.8 Å². The molecule has 1 rings (SSSR count). The molecule has 11 heavy (non-hydrogen) atoms. The predicted molar refractivity (Wildman–Crippen MR) is 41.9 cm³/mol. The number of nitrogens with two attached hydrogens (primary N) is 2. The molecule has 0 aliphatic carbocycles. The minimum absolute atomic E-state index is 0.0787. The van der Waals surface area contributed by atoms with Crippen molar-refractivity contribution in [2.45, 2.75) is 18.9 Å². The van der Waals surface area contributed by atoms with E-state index in [4.69, 9.17) is 10.9 Å². The molecule has 0 aromatic rings. The second kappa shape index (κ2) is 3.06. The predicted octanol–water partition coefficient (Wildman–Crippen LogP) is -1.39. The van der Waals surface area contributed by atoms with E-state index in [-0.39, 0.29) is 6.04 Å². The lowest BCUT2D eigenvalue weighted by Crippen LogP contribution is -2.43. The van der Waals surface area contributed by atoms with Gasteiger partial charge in [0.05, 0.1) is 0 Å². The Kier molecular flexibility index (Phi) is 2.48. The first kappa shape index (κ1) is 8.92. The molecule has 0 radical (unpaired) electrons. The minimum Gasteiger partial charge on any atom is -0.329 e. The molecule has 1 fully saturated rings. The second-order valence-electron chi connectivity index (χ2n) is 2.69. The zero-order valence-electron chi connectivity index (χ0n) is 6.23. The molecule has 0 aromatic carbocycles. The summed E-state index contributed by atoms with van der Waals surface area (Å²) < 4.78 is 23.0. The van der Waals surface area contributed by atoms with E-state index in [1.54, 1.807) is 0 Å². The minimum atomic E-state index is -3.51. The summed E-state index contributed by atoms with van der Waals surface area (Å²) in [7, 11) is -3.51. The third kappa shape index (κ3) is 1.90. The molecule has 0 spiro atoms. The van der Waals surface area contributed by atoms with E-state index >= 15 is 0 Å². The highest BCUT2D eigenvalue weighted by Crippen LogP contribution is 2.17. The summed E-state index contributed by atoms with van der Waals surface area (Å²) in [5.74, 6) is 0. The van der Waals surface area contributed by atoms with Crippen LogP contribution in [0.1, 0.15) is 12.8 Å². The fourth-order valence-electron chi connectivity index (χ4n) is 1.38. The molecule has 6 heteroatoms. The van der Waals surface area contributed by atoms with Crippen LogP contribution in [0.15, 0.2) is 0 Å². The van der Waals surface area contributed by atoms with Crippen molar-refractivity contribution in [2.24, 2.45) is 10.9 Å². The quantitative estimate of drug-likeness (QED) is 0.547. The van der Waals surface area contributed by atoms with Gasteiger partial charge in [-0.25, -0.2) is 5.14 Å². The number of nitrogens with zero attached hydrogens (tertiary/aromatic N) is 1. The third-order valence-corrected chi connectivity index (χ3v) is 3.06. The number of hydrogen-bond donors (Lipinski definition) is 2. The molecule has 1 atom stereocenters. The second-order valence-corrected chi connectivity index (χ2v) is 4.19. The maximum atomic E-state index is 10.9. The fraction of sp³-hybridized carbons (Fsp3) is 1.00. The molecule has 1 heterocycles. The highest BCUT2D eigenvalue weighted by molar-refractivity contribution is 7.86. The Morgan fingerprint density at radius 3 is 2.55 bits per heavy atom. The van der Waals surface area contributed by atoms with Crippen LogP contribution < -0.4 is 10.9 Å². The zero-order chi connectivity index (χ0) is 8.48. The maximum absolute atomic E-state index is 10.9. The molecule has 5 nitrogen and oxygen atoms in total. The Morgan fingerprint density at radius 1 is 1.55 bits per heavy atom. The molecular formula is C5H13N3O2S. The molecule has 0 aromatic heterocycles. The first-order valence-corrected chi connectivity index (χ1v) is 5.05. The molecule has 0 bridgehead atoms. The van der Waals surface area contributed by atoms with Gasteiger partial charge in [0, 0.05) is 19.1 Å². The van der Waals surface area contributed by atoms with Gasteiger partial charge in [-0.1, -0.05) is 0 Å². The molecule has 0 amide bonds. The van der Waals surface area contributed by atoms with Gasteiger partial charge < -0.3 is 5.73 Å². The lowest BCUT2D eigenvalue weighted by Gasteiger charge is -2.19. The zero-order valence-corrected chi connectivity index (χ0v) is 7.05. The van der Waals surface area contributed by atoms with Gasteiger partial charge in [0.15, 0.2) is 0 Å². The Labute approximate surface area is 66.5 Å². The average Bonchev–Trinajstić information content (AvgIpc) is 2.31. The van der Waals surface area contributed by atoms with Gasteiger partial charge in [-0.3, -0.25) is 0 Å². The Morgan fingerprint density at radius 2 is 2.18 bits per heavy atom.